The SMILES string of the molecule is CCN(CC(=O)NCc1cccs1)CC(=O)Nc1ccc(OC)c(S(=O)(=O)N(C)C)c1. The molecule has 1 aromatic carbocycles. The number of nitrogens with one attached hydrogen (secondary N) is 2. The summed E-state index contributed by atoms with van der Waals surface area (Å²) in [5.41, 5.74) is 0.324. The highest BCUT2D eigenvalue weighted by Crippen LogP contribution is 2.28. The molecule has 0 atom stereocenters. The van der Waals surface area contributed by atoms with Gasteiger partial charge in [-0.3, -0.25) is 14.5 Å². The molecule has 0 spiro atoms. The van der Waals surface area contributed by atoms with Gasteiger partial charge in [0.05, 0.1) is 26.7 Å². The van der Waals surface area contributed by atoms with Crippen molar-refractivity contribution in [2.24, 2.45) is 0 Å². The lowest BCUT2D eigenvalue weighted by Gasteiger charge is -2.20. The summed E-state index contributed by atoms with van der Waals surface area (Å²) >= 11 is 1.56. The zero-order chi connectivity index (χ0) is 23.0. The van der Waals surface area contributed by atoms with Crippen LogP contribution in [-0.4, -0.2) is 70.3 Å². The number of amides is 2. The van der Waals surface area contributed by atoms with Crippen molar-refractivity contribution in [3.8, 4) is 5.75 Å². The van der Waals surface area contributed by atoms with Crippen molar-refractivity contribution in [1.82, 2.24) is 14.5 Å². The van der Waals surface area contributed by atoms with Crippen LogP contribution >= 0.6 is 11.3 Å². The number of ether oxygens (including phenoxy) is 1. The summed E-state index contributed by atoms with van der Waals surface area (Å²) in [4.78, 5) is 27.4. The van der Waals surface area contributed by atoms with Gasteiger partial charge in [0.2, 0.25) is 21.8 Å². The first-order valence-corrected chi connectivity index (χ1v) is 11.9. The molecule has 1 heterocycles. The molecule has 0 saturated carbocycles. The van der Waals surface area contributed by atoms with Crippen molar-refractivity contribution in [2.75, 3.05) is 46.2 Å². The third-order valence-corrected chi connectivity index (χ3v) is 7.14. The zero-order valence-electron chi connectivity index (χ0n) is 18.0. The average molecular weight is 469 g/mol. The molecule has 31 heavy (non-hydrogen) atoms. The van der Waals surface area contributed by atoms with E-state index in [4.69, 9.17) is 4.74 Å². The Morgan fingerprint density at radius 3 is 2.42 bits per heavy atom. The maximum Gasteiger partial charge on any atom is 0.246 e. The van der Waals surface area contributed by atoms with Gasteiger partial charge in [0.1, 0.15) is 10.6 Å². The molecule has 0 bridgehead atoms. The molecule has 0 aliphatic rings. The van der Waals surface area contributed by atoms with Gasteiger partial charge in [0.25, 0.3) is 0 Å². The van der Waals surface area contributed by atoms with Gasteiger partial charge in [-0.25, -0.2) is 12.7 Å². The summed E-state index contributed by atoms with van der Waals surface area (Å²) < 4.78 is 31.3. The zero-order valence-corrected chi connectivity index (χ0v) is 19.7. The minimum Gasteiger partial charge on any atom is -0.495 e. The van der Waals surface area contributed by atoms with Crippen molar-refractivity contribution in [3.05, 3.63) is 40.6 Å². The maximum atomic E-state index is 12.5. The summed E-state index contributed by atoms with van der Waals surface area (Å²) in [6, 6.07) is 8.27. The number of hydrogen-bond donors (Lipinski definition) is 2. The molecule has 0 aliphatic heterocycles. The molecule has 1 aromatic heterocycles. The van der Waals surface area contributed by atoms with Crippen LogP contribution in [0.5, 0.6) is 5.75 Å². The van der Waals surface area contributed by atoms with Crippen molar-refractivity contribution in [3.63, 3.8) is 0 Å². The first-order chi connectivity index (χ1) is 14.7. The highest BCUT2D eigenvalue weighted by molar-refractivity contribution is 7.89. The van der Waals surface area contributed by atoms with Crippen LogP contribution in [0.15, 0.2) is 40.6 Å². The molecule has 2 aromatic rings. The second-order valence-electron chi connectivity index (χ2n) is 6.86. The van der Waals surface area contributed by atoms with E-state index in [0.717, 1.165) is 9.18 Å². The topological polar surface area (TPSA) is 108 Å². The Hall–Kier alpha value is -2.47. The van der Waals surface area contributed by atoms with E-state index in [1.54, 1.807) is 22.3 Å². The summed E-state index contributed by atoms with van der Waals surface area (Å²) in [6.45, 7) is 2.88. The fourth-order valence-electron chi connectivity index (χ4n) is 2.69. The van der Waals surface area contributed by atoms with Gasteiger partial charge < -0.3 is 15.4 Å². The Bertz CT molecular complexity index is 991. The highest BCUT2D eigenvalue weighted by Gasteiger charge is 2.23. The van der Waals surface area contributed by atoms with Crippen molar-refractivity contribution < 1.29 is 22.7 Å². The van der Waals surface area contributed by atoms with Crippen LogP contribution in [0.1, 0.15) is 11.8 Å². The molecule has 2 N–H and O–H groups in total. The monoisotopic (exact) mass is 468 g/mol. The highest BCUT2D eigenvalue weighted by atomic mass is 32.2. The first kappa shape index (κ1) is 24.8. The van der Waals surface area contributed by atoms with Gasteiger partial charge in [-0.1, -0.05) is 13.0 Å². The van der Waals surface area contributed by atoms with Crippen LogP contribution in [0.2, 0.25) is 0 Å². The Morgan fingerprint density at radius 1 is 1.13 bits per heavy atom. The minimum atomic E-state index is -3.75. The molecule has 2 rings (SSSR count). The standard InChI is InChI=1S/C20H28N4O5S2/c1-5-24(13-19(25)21-12-16-7-6-10-30-16)14-20(26)22-15-8-9-17(29-4)18(11-15)31(27,28)23(2)3/h6-11H,5,12-14H2,1-4H3,(H,21,25)(H,22,26). The predicted octanol–water partition coefficient (Wildman–Crippen LogP) is 1.58. The van der Waals surface area contributed by atoms with Gasteiger partial charge in [-0.2, -0.15) is 0 Å². The second-order valence-corrected chi connectivity index (χ2v) is 10.0. The lowest BCUT2D eigenvalue weighted by Crippen LogP contribution is -2.40. The maximum absolute atomic E-state index is 12.5. The summed E-state index contributed by atoms with van der Waals surface area (Å²) in [6.07, 6.45) is 0. The predicted molar refractivity (Wildman–Crippen MR) is 121 cm³/mol. The number of hydrogen-bond acceptors (Lipinski definition) is 7. The Kier molecular flexibility index (Phi) is 8.99. The van der Waals surface area contributed by atoms with E-state index in [1.165, 1.54) is 33.3 Å². The average Bonchev–Trinajstić information content (AvgIpc) is 3.25. The van der Waals surface area contributed by atoms with Gasteiger partial charge in [-0.15, -0.1) is 11.3 Å². The van der Waals surface area contributed by atoms with Gasteiger partial charge in [0, 0.05) is 24.7 Å². The van der Waals surface area contributed by atoms with Crippen LogP contribution in [0, 0.1) is 0 Å². The quantitative estimate of drug-likeness (QED) is 0.519. The Labute approximate surface area is 187 Å². The number of carbonyl (C=O) groups excluding carboxylic acids is 2. The molecule has 2 amide bonds. The second kappa shape index (κ2) is 11.2. The lowest BCUT2D eigenvalue weighted by atomic mass is 10.3. The number of sulfonamides is 1. The third-order valence-electron chi connectivity index (χ3n) is 4.43. The molecule has 0 aliphatic carbocycles. The normalized spacial score (nSPS) is 11.5. The van der Waals surface area contributed by atoms with Gasteiger partial charge in [-0.05, 0) is 36.2 Å². The molecule has 0 saturated heterocycles. The Morgan fingerprint density at radius 2 is 1.84 bits per heavy atom. The summed E-state index contributed by atoms with van der Waals surface area (Å²) in [5.74, 6) is -0.345. The van der Waals surface area contributed by atoms with E-state index in [2.05, 4.69) is 10.6 Å². The molecule has 0 radical (unpaired) electrons. The fourth-order valence-corrected chi connectivity index (χ4v) is 4.41. The van der Waals surface area contributed by atoms with E-state index >= 15 is 0 Å². The van der Waals surface area contributed by atoms with E-state index in [0.29, 0.717) is 18.8 Å². The molecular formula is C20H28N4O5S2. The van der Waals surface area contributed by atoms with Gasteiger partial charge >= 0.3 is 0 Å². The number of carbonyl (C=O) groups is 2. The van der Waals surface area contributed by atoms with E-state index in [1.807, 2.05) is 24.4 Å². The lowest BCUT2D eigenvalue weighted by molar-refractivity contribution is -0.123. The number of methoxy groups -OCH3 is 1. The molecular weight excluding hydrogens is 440 g/mol. The molecule has 9 nitrogen and oxygen atoms in total. The first-order valence-electron chi connectivity index (χ1n) is 9.59. The summed E-state index contributed by atoms with van der Waals surface area (Å²) in [5, 5.41) is 7.46. The number of nitrogens with zero attached hydrogens (tertiary/aromatic N) is 2. The molecule has 0 fully saturated rings. The number of anilines is 1. The smallest absolute Gasteiger partial charge is 0.246 e. The van der Waals surface area contributed by atoms with E-state index in [-0.39, 0.29) is 35.5 Å². The Balaban J connectivity index is 1.99. The molecule has 0 unspecified atom stereocenters. The van der Waals surface area contributed by atoms with Crippen LogP contribution in [0.3, 0.4) is 0 Å². The van der Waals surface area contributed by atoms with Crippen LogP contribution < -0.4 is 15.4 Å². The molecule has 11 heteroatoms. The van der Waals surface area contributed by atoms with Crippen molar-refractivity contribution >= 4 is 38.9 Å². The number of benzene rings is 1. The van der Waals surface area contributed by atoms with Crippen LogP contribution in [-0.2, 0) is 26.2 Å². The van der Waals surface area contributed by atoms with Crippen molar-refractivity contribution in [1.29, 1.82) is 0 Å². The third kappa shape index (κ3) is 7.03. The minimum absolute atomic E-state index is 0.00921. The van der Waals surface area contributed by atoms with E-state index < -0.39 is 10.0 Å². The van der Waals surface area contributed by atoms with Crippen molar-refractivity contribution in [2.45, 2.75) is 18.4 Å². The van der Waals surface area contributed by atoms with Crippen LogP contribution in [0.4, 0.5) is 5.69 Å². The summed E-state index contributed by atoms with van der Waals surface area (Å²) in [7, 11) is 0.466. The fraction of sp³-hybridized carbons (Fsp3) is 0.400. The largest absolute Gasteiger partial charge is 0.495 e. The van der Waals surface area contributed by atoms with E-state index in [9.17, 15) is 18.0 Å². The van der Waals surface area contributed by atoms with Crippen LogP contribution in [0.25, 0.3) is 0 Å². The molecule has 170 valence electrons. The number of rotatable bonds is 11. The number of likely N-dealkylation sites (N-methyl/N-ethyl adjacent to an activating group) is 1. The van der Waals surface area contributed by atoms with Gasteiger partial charge in [0.15, 0.2) is 0 Å². The number of thiophene rings is 1.